The van der Waals surface area contributed by atoms with Crippen molar-refractivity contribution in [2.45, 2.75) is 25.3 Å². The zero-order valence-corrected chi connectivity index (χ0v) is 14.0. The first-order valence-corrected chi connectivity index (χ1v) is 9.83. The van der Waals surface area contributed by atoms with E-state index < -0.39 is 10.0 Å². The van der Waals surface area contributed by atoms with Gasteiger partial charge < -0.3 is 5.73 Å². The topological polar surface area (TPSA) is 68.3 Å². The van der Waals surface area contributed by atoms with Gasteiger partial charge in [-0.15, -0.1) is 0 Å². The zero-order chi connectivity index (χ0) is 16.2. The van der Waals surface area contributed by atoms with E-state index in [1.54, 1.807) is 18.3 Å². The summed E-state index contributed by atoms with van der Waals surface area (Å²) in [6, 6.07) is 6.02. The lowest BCUT2D eigenvalue weighted by Gasteiger charge is -2.29. The van der Waals surface area contributed by atoms with Crippen LogP contribution in [0.3, 0.4) is 0 Å². The normalized spacial score (nSPS) is 22.3. The van der Waals surface area contributed by atoms with Gasteiger partial charge in [0, 0.05) is 35.4 Å². The molecule has 1 atom stereocenters. The van der Waals surface area contributed by atoms with Crippen molar-refractivity contribution in [3.8, 4) is 0 Å². The van der Waals surface area contributed by atoms with Crippen LogP contribution in [0.15, 0.2) is 30.5 Å². The number of rotatable bonds is 2. The summed E-state index contributed by atoms with van der Waals surface area (Å²) in [6.45, 7) is 2.13. The average molecular weight is 331 g/mol. The summed E-state index contributed by atoms with van der Waals surface area (Å²) in [4.78, 5) is 2.51. The number of benzene rings is 1. The monoisotopic (exact) mass is 331 g/mol. The molecule has 2 aliphatic rings. The van der Waals surface area contributed by atoms with Gasteiger partial charge in [-0.1, -0.05) is 6.08 Å². The van der Waals surface area contributed by atoms with Gasteiger partial charge in [-0.3, -0.25) is 4.90 Å². The molecule has 0 spiro atoms. The quantitative estimate of drug-likeness (QED) is 0.857. The summed E-state index contributed by atoms with van der Waals surface area (Å²) < 4.78 is 25.6. The number of anilines is 1. The summed E-state index contributed by atoms with van der Waals surface area (Å²) in [6.07, 6.45) is 8.70. The molecule has 1 aromatic carbocycles. The van der Waals surface area contributed by atoms with Crippen molar-refractivity contribution in [3.63, 3.8) is 0 Å². The van der Waals surface area contributed by atoms with Crippen molar-refractivity contribution in [2.24, 2.45) is 0 Å². The summed E-state index contributed by atoms with van der Waals surface area (Å²) in [5.74, 6) is 0. The van der Waals surface area contributed by atoms with Crippen LogP contribution < -0.4 is 5.73 Å². The van der Waals surface area contributed by atoms with E-state index in [1.165, 1.54) is 35.2 Å². The standard InChI is InChI=1S/C17H21N3O2S/c1-23(21,22)20-11-16(15-10-13(18)4-5-17(15)20)12-6-8-19-7-2-3-14(19)9-12/h4-6,10-11,14H,2-3,7-9,18H2,1H3. The molecule has 2 N–H and O–H groups in total. The highest BCUT2D eigenvalue weighted by atomic mass is 32.2. The van der Waals surface area contributed by atoms with Crippen LogP contribution in [0.2, 0.25) is 0 Å². The third-order valence-electron chi connectivity index (χ3n) is 5.02. The molecule has 3 heterocycles. The average Bonchev–Trinajstić information content (AvgIpc) is 3.09. The number of fused-ring (bicyclic) bond motifs is 2. The number of hydrogen-bond donors (Lipinski definition) is 1. The maximum absolute atomic E-state index is 12.1. The van der Waals surface area contributed by atoms with Gasteiger partial charge in [0.1, 0.15) is 0 Å². The molecule has 23 heavy (non-hydrogen) atoms. The van der Waals surface area contributed by atoms with Crippen LogP contribution in [0, 0.1) is 0 Å². The minimum Gasteiger partial charge on any atom is -0.399 e. The molecule has 2 aliphatic heterocycles. The predicted molar refractivity (Wildman–Crippen MR) is 93.8 cm³/mol. The third kappa shape index (κ3) is 2.46. The van der Waals surface area contributed by atoms with Gasteiger partial charge in [-0.25, -0.2) is 12.4 Å². The third-order valence-corrected chi connectivity index (χ3v) is 6.04. The summed E-state index contributed by atoms with van der Waals surface area (Å²) >= 11 is 0. The molecule has 6 heteroatoms. The molecule has 0 bridgehead atoms. The highest BCUT2D eigenvalue weighted by molar-refractivity contribution is 7.89. The maximum atomic E-state index is 12.1. The molecule has 0 saturated carbocycles. The lowest BCUT2D eigenvalue weighted by Crippen LogP contribution is -2.32. The van der Waals surface area contributed by atoms with Crippen LogP contribution in [0.4, 0.5) is 5.69 Å². The zero-order valence-electron chi connectivity index (χ0n) is 13.2. The number of nitrogen functional groups attached to an aromatic ring is 1. The van der Waals surface area contributed by atoms with Crippen LogP contribution in [-0.4, -0.2) is 42.7 Å². The van der Waals surface area contributed by atoms with Gasteiger partial charge in [0.25, 0.3) is 0 Å². The molecule has 0 amide bonds. The molecule has 0 aliphatic carbocycles. The SMILES string of the molecule is CS(=O)(=O)n1cc(C2=CCN3CCCC3C2)c2cc(N)ccc21. The van der Waals surface area contributed by atoms with Gasteiger partial charge in [0.2, 0.25) is 10.0 Å². The predicted octanol–water partition coefficient (Wildman–Crippen LogP) is 2.28. The lowest BCUT2D eigenvalue weighted by molar-refractivity contribution is 0.275. The molecule has 122 valence electrons. The van der Waals surface area contributed by atoms with Crippen LogP contribution in [0.5, 0.6) is 0 Å². The molecule has 5 nitrogen and oxygen atoms in total. The minimum atomic E-state index is -3.34. The van der Waals surface area contributed by atoms with Crippen molar-refractivity contribution >= 4 is 32.2 Å². The Bertz CT molecular complexity index is 911. The van der Waals surface area contributed by atoms with Crippen molar-refractivity contribution in [1.82, 2.24) is 8.87 Å². The number of nitrogens with two attached hydrogens (primary N) is 1. The van der Waals surface area contributed by atoms with Crippen molar-refractivity contribution in [2.75, 3.05) is 25.1 Å². The van der Waals surface area contributed by atoms with Gasteiger partial charge in [-0.05, 0) is 49.6 Å². The van der Waals surface area contributed by atoms with Crippen LogP contribution >= 0.6 is 0 Å². The smallest absolute Gasteiger partial charge is 0.236 e. The van der Waals surface area contributed by atoms with Crippen LogP contribution in [-0.2, 0) is 10.0 Å². The van der Waals surface area contributed by atoms with Crippen molar-refractivity contribution in [3.05, 3.63) is 36.0 Å². The van der Waals surface area contributed by atoms with E-state index >= 15 is 0 Å². The summed E-state index contributed by atoms with van der Waals surface area (Å²) in [7, 11) is -3.34. The Labute approximate surface area is 136 Å². The van der Waals surface area contributed by atoms with Crippen LogP contribution in [0.1, 0.15) is 24.8 Å². The van der Waals surface area contributed by atoms with Gasteiger partial charge in [0.15, 0.2) is 0 Å². The molecular weight excluding hydrogens is 310 g/mol. The van der Waals surface area contributed by atoms with E-state index in [4.69, 9.17) is 5.73 Å². The highest BCUT2D eigenvalue weighted by Crippen LogP contribution is 2.37. The van der Waals surface area contributed by atoms with Gasteiger partial charge in [-0.2, -0.15) is 0 Å². The maximum Gasteiger partial charge on any atom is 0.236 e. The molecule has 2 aromatic rings. The number of nitrogens with zero attached hydrogens (tertiary/aromatic N) is 2. The summed E-state index contributed by atoms with van der Waals surface area (Å²) in [5, 5.41) is 0.924. The molecule has 1 aromatic heterocycles. The Morgan fingerprint density at radius 1 is 1.30 bits per heavy atom. The largest absolute Gasteiger partial charge is 0.399 e. The Morgan fingerprint density at radius 3 is 2.91 bits per heavy atom. The molecule has 4 rings (SSSR count). The first-order chi connectivity index (χ1) is 10.9. The molecule has 0 radical (unpaired) electrons. The van der Waals surface area contributed by atoms with Crippen molar-refractivity contribution in [1.29, 1.82) is 0 Å². The van der Waals surface area contributed by atoms with E-state index in [0.717, 1.165) is 23.9 Å². The second-order valence-electron chi connectivity index (χ2n) is 6.60. The Kier molecular flexibility index (Phi) is 3.28. The Morgan fingerprint density at radius 2 is 2.13 bits per heavy atom. The Balaban J connectivity index is 1.88. The number of aromatic nitrogens is 1. The second-order valence-corrected chi connectivity index (χ2v) is 8.46. The molecule has 1 unspecified atom stereocenters. The fourth-order valence-corrected chi connectivity index (χ4v) is 4.71. The van der Waals surface area contributed by atoms with E-state index in [0.29, 0.717) is 17.2 Å². The minimum absolute atomic E-state index is 0.590. The Hall–Kier alpha value is -1.79. The summed E-state index contributed by atoms with van der Waals surface area (Å²) in [5.41, 5.74) is 9.54. The molecule has 1 fully saturated rings. The fourth-order valence-electron chi connectivity index (χ4n) is 3.90. The van der Waals surface area contributed by atoms with Crippen molar-refractivity contribution < 1.29 is 8.42 Å². The van der Waals surface area contributed by atoms with E-state index in [9.17, 15) is 8.42 Å². The van der Waals surface area contributed by atoms with E-state index in [2.05, 4.69) is 11.0 Å². The second kappa shape index (κ2) is 5.11. The first kappa shape index (κ1) is 14.8. The number of hydrogen-bond acceptors (Lipinski definition) is 4. The van der Waals surface area contributed by atoms with E-state index in [-0.39, 0.29) is 0 Å². The first-order valence-electron chi connectivity index (χ1n) is 7.98. The highest BCUT2D eigenvalue weighted by Gasteiger charge is 2.29. The molecule has 1 saturated heterocycles. The lowest BCUT2D eigenvalue weighted by atomic mass is 9.94. The fraction of sp³-hybridized carbons (Fsp3) is 0.412. The van der Waals surface area contributed by atoms with Crippen LogP contribution in [0.25, 0.3) is 16.5 Å². The van der Waals surface area contributed by atoms with Gasteiger partial charge >= 0.3 is 0 Å². The molecular formula is C17H21N3O2S. The van der Waals surface area contributed by atoms with E-state index in [1.807, 2.05) is 6.07 Å². The van der Waals surface area contributed by atoms with Gasteiger partial charge in [0.05, 0.1) is 11.8 Å².